The van der Waals surface area contributed by atoms with E-state index in [1.54, 1.807) is 24.0 Å². The second-order valence-corrected chi connectivity index (χ2v) is 4.28. The summed E-state index contributed by atoms with van der Waals surface area (Å²) in [5, 5.41) is 6.84. The summed E-state index contributed by atoms with van der Waals surface area (Å²) in [6.07, 6.45) is 5.19. The first-order chi connectivity index (χ1) is 8.17. The number of carbonyl (C=O) groups excluding carboxylic acids is 1. The number of nitrogens with zero attached hydrogens (tertiary/aromatic N) is 2. The zero-order valence-electron chi connectivity index (χ0n) is 10.6. The Hall–Kier alpha value is -1.36. The molecule has 5 nitrogen and oxygen atoms in total. The minimum Gasteiger partial charge on any atom is -0.330 e. The number of nitrogens with one attached hydrogen (secondary N) is 1. The van der Waals surface area contributed by atoms with Gasteiger partial charge in [0.05, 0.1) is 6.20 Å². The maximum atomic E-state index is 11.7. The van der Waals surface area contributed by atoms with Gasteiger partial charge in [0.2, 0.25) is 5.91 Å². The first-order valence-electron chi connectivity index (χ1n) is 6.15. The molecule has 1 heterocycles. The third kappa shape index (κ3) is 4.56. The molecular weight excluding hydrogens is 216 g/mol. The second-order valence-electron chi connectivity index (χ2n) is 4.28. The molecule has 1 aromatic rings. The van der Waals surface area contributed by atoms with Crippen molar-refractivity contribution in [3.05, 3.63) is 12.3 Å². The van der Waals surface area contributed by atoms with Crippen molar-refractivity contribution in [1.29, 1.82) is 0 Å². The van der Waals surface area contributed by atoms with Crippen molar-refractivity contribution in [1.82, 2.24) is 9.78 Å². The largest absolute Gasteiger partial charge is 0.330 e. The molecule has 0 saturated heterocycles. The van der Waals surface area contributed by atoms with E-state index in [0.29, 0.717) is 18.9 Å². The average molecular weight is 238 g/mol. The Kier molecular flexibility index (Phi) is 5.69. The molecule has 5 heteroatoms. The van der Waals surface area contributed by atoms with Gasteiger partial charge in [0.15, 0.2) is 0 Å². The smallest absolute Gasteiger partial charge is 0.225 e. The van der Waals surface area contributed by atoms with Crippen LogP contribution in [0.25, 0.3) is 0 Å². The summed E-state index contributed by atoms with van der Waals surface area (Å²) in [6, 6.07) is 1.79. The molecule has 0 radical (unpaired) electrons. The van der Waals surface area contributed by atoms with Gasteiger partial charge in [0.1, 0.15) is 5.82 Å². The van der Waals surface area contributed by atoms with Gasteiger partial charge >= 0.3 is 0 Å². The van der Waals surface area contributed by atoms with E-state index < -0.39 is 0 Å². The zero-order chi connectivity index (χ0) is 12.7. The van der Waals surface area contributed by atoms with E-state index in [4.69, 9.17) is 5.73 Å². The van der Waals surface area contributed by atoms with Crippen LogP contribution in [0.3, 0.4) is 0 Å². The van der Waals surface area contributed by atoms with Gasteiger partial charge in [-0.2, -0.15) is 5.10 Å². The van der Waals surface area contributed by atoms with Crippen LogP contribution in [0.2, 0.25) is 0 Å². The van der Waals surface area contributed by atoms with Gasteiger partial charge < -0.3 is 11.1 Å². The summed E-state index contributed by atoms with van der Waals surface area (Å²) in [4.78, 5) is 11.7. The Morgan fingerprint density at radius 2 is 2.35 bits per heavy atom. The predicted octanol–water partition coefficient (Wildman–Crippen LogP) is 1.51. The van der Waals surface area contributed by atoms with Crippen LogP contribution in [0.15, 0.2) is 12.3 Å². The topological polar surface area (TPSA) is 72.9 Å². The molecule has 0 fully saturated rings. The third-order valence-corrected chi connectivity index (χ3v) is 3.02. The van der Waals surface area contributed by atoms with Gasteiger partial charge in [-0.1, -0.05) is 13.3 Å². The predicted molar refractivity (Wildman–Crippen MR) is 68.5 cm³/mol. The highest BCUT2D eigenvalue weighted by Crippen LogP contribution is 2.15. The lowest BCUT2D eigenvalue weighted by atomic mass is 9.96. The van der Waals surface area contributed by atoms with Crippen molar-refractivity contribution in [2.24, 2.45) is 18.7 Å². The summed E-state index contributed by atoms with van der Waals surface area (Å²) in [5.41, 5.74) is 5.53. The lowest BCUT2D eigenvalue weighted by Gasteiger charge is -2.13. The molecule has 1 rings (SSSR count). The molecule has 17 heavy (non-hydrogen) atoms. The molecule has 1 amide bonds. The van der Waals surface area contributed by atoms with Crippen molar-refractivity contribution >= 4 is 11.7 Å². The molecule has 0 aliphatic carbocycles. The van der Waals surface area contributed by atoms with Crippen LogP contribution < -0.4 is 11.1 Å². The minimum absolute atomic E-state index is 0.0454. The lowest BCUT2D eigenvalue weighted by molar-refractivity contribution is -0.116. The van der Waals surface area contributed by atoms with Gasteiger partial charge in [-0.25, -0.2) is 0 Å². The van der Waals surface area contributed by atoms with Crippen LogP contribution in [-0.4, -0.2) is 22.2 Å². The average Bonchev–Trinajstić information content (AvgIpc) is 2.70. The van der Waals surface area contributed by atoms with Gasteiger partial charge in [0.25, 0.3) is 0 Å². The van der Waals surface area contributed by atoms with Crippen molar-refractivity contribution in [2.75, 3.05) is 11.9 Å². The van der Waals surface area contributed by atoms with Gasteiger partial charge in [0, 0.05) is 19.5 Å². The Morgan fingerprint density at radius 3 is 2.88 bits per heavy atom. The molecule has 1 unspecified atom stereocenters. The number of anilines is 1. The fourth-order valence-corrected chi connectivity index (χ4v) is 1.83. The van der Waals surface area contributed by atoms with E-state index in [0.717, 1.165) is 25.1 Å². The molecule has 0 aromatic carbocycles. The minimum atomic E-state index is 0.0454. The lowest BCUT2D eigenvalue weighted by Crippen LogP contribution is -2.16. The van der Waals surface area contributed by atoms with E-state index in [1.165, 1.54) is 0 Å². The van der Waals surface area contributed by atoms with E-state index >= 15 is 0 Å². The molecule has 3 N–H and O–H groups in total. The van der Waals surface area contributed by atoms with E-state index in [-0.39, 0.29) is 5.91 Å². The maximum absolute atomic E-state index is 11.7. The van der Waals surface area contributed by atoms with Gasteiger partial charge in [-0.05, 0) is 25.3 Å². The molecule has 1 aromatic heterocycles. The zero-order valence-corrected chi connectivity index (χ0v) is 10.6. The van der Waals surface area contributed by atoms with Crippen molar-refractivity contribution < 1.29 is 4.79 Å². The summed E-state index contributed by atoms with van der Waals surface area (Å²) < 4.78 is 1.65. The Bertz CT molecular complexity index is 348. The van der Waals surface area contributed by atoms with Crippen LogP contribution in [0, 0.1) is 5.92 Å². The van der Waals surface area contributed by atoms with Crippen LogP contribution in [0.4, 0.5) is 5.82 Å². The highest BCUT2D eigenvalue weighted by atomic mass is 16.1. The second kappa shape index (κ2) is 7.06. The fourth-order valence-electron chi connectivity index (χ4n) is 1.83. The van der Waals surface area contributed by atoms with Crippen molar-refractivity contribution in [2.45, 2.75) is 32.6 Å². The molecule has 0 saturated carbocycles. The molecular formula is C12H22N4O. The van der Waals surface area contributed by atoms with Crippen molar-refractivity contribution in [3.63, 3.8) is 0 Å². The van der Waals surface area contributed by atoms with Crippen LogP contribution in [0.5, 0.6) is 0 Å². The third-order valence-electron chi connectivity index (χ3n) is 3.02. The Balaban J connectivity index is 2.32. The molecule has 96 valence electrons. The number of nitrogens with two attached hydrogens (primary N) is 1. The first kappa shape index (κ1) is 13.7. The number of carbonyl (C=O) groups is 1. The molecule has 1 atom stereocenters. The molecule has 0 spiro atoms. The fraction of sp³-hybridized carbons (Fsp3) is 0.667. The number of rotatable bonds is 7. The maximum Gasteiger partial charge on any atom is 0.225 e. The summed E-state index contributed by atoms with van der Waals surface area (Å²) >= 11 is 0. The summed E-state index contributed by atoms with van der Waals surface area (Å²) in [6.45, 7) is 2.83. The number of hydrogen-bond acceptors (Lipinski definition) is 3. The van der Waals surface area contributed by atoms with Crippen LogP contribution in [-0.2, 0) is 11.8 Å². The standard InChI is InChI=1S/C12H22N4O/c1-3-10(6-8-13)4-5-12(17)15-11-7-9-14-16(11)2/h7,9-10H,3-6,8,13H2,1-2H3,(H,15,17). The monoisotopic (exact) mass is 238 g/mol. The Labute approximate surface area is 102 Å². The van der Waals surface area contributed by atoms with E-state index in [9.17, 15) is 4.79 Å². The van der Waals surface area contributed by atoms with E-state index in [1.807, 2.05) is 0 Å². The highest BCUT2D eigenvalue weighted by Gasteiger charge is 2.10. The summed E-state index contributed by atoms with van der Waals surface area (Å²) in [7, 11) is 1.80. The molecule has 0 aliphatic rings. The molecule has 0 aliphatic heterocycles. The Morgan fingerprint density at radius 1 is 1.59 bits per heavy atom. The normalized spacial score (nSPS) is 12.4. The van der Waals surface area contributed by atoms with Gasteiger partial charge in [-0.3, -0.25) is 9.48 Å². The highest BCUT2D eigenvalue weighted by molar-refractivity contribution is 5.89. The SMILES string of the molecule is CCC(CCN)CCC(=O)Nc1ccnn1C. The van der Waals surface area contributed by atoms with Crippen molar-refractivity contribution in [3.8, 4) is 0 Å². The summed E-state index contributed by atoms with van der Waals surface area (Å²) in [5.74, 6) is 1.34. The molecule has 0 bridgehead atoms. The first-order valence-corrected chi connectivity index (χ1v) is 6.15. The van der Waals surface area contributed by atoms with E-state index in [2.05, 4.69) is 17.3 Å². The quantitative estimate of drug-likeness (QED) is 0.756. The van der Waals surface area contributed by atoms with Crippen LogP contribution in [0.1, 0.15) is 32.6 Å². The van der Waals surface area contributed by atoms with Gasteiger partial charge in [-0.15, -0.1) is 0 Å². The number of amides is 1. The number of aromatic nitrogens is 2. The van der Waals surface area contributed by atoms with Crippen LogP contribution >= 0.6 is 0 Å². The number of aryl methyl sites for hydroxylation is 1. The number of hydrogen-bond donors (Lipinski definition) is 2.